The summed E-state index contributed by atoms with van der Waals surface area (Å²) < 4.78 is 32.5. The van der Waals surface area contributed by atoms with Crippen LogP contribution in [0.2, 0.25) is 5.02 Å². The topological polar surface area (TPSA) is 99.8 Å². The predicted octanol–water partition coefficient (Wildman–Crippen LogP) is 4.17. The number of hydrogen-bond donors (Lipinski definition) is 3. The summed E-state index contributed by atoms with van der Waals surface area (Å²) in [5, 5.41) is 9.57. The number of halogens is 1. The first kappa shape index (κ1) is 25.8. The standard InChI is InChI=1S/C22H31ClN4O4S/c1-6-24-18-10-9-16(32(29,30)27(7-2)8-3)12-19(18)25-14-22(28)26-20-11-15(4)17(23)13-21(20)31-5/h9-13,24-25H,6-8,14H2,1-5H3,(H,26,28). The van der Waals surface area contributed by atoms with E-state index in [2.05, 4.69) is 16.0 Å². The van der Waals surface area contributed by atoms with Gasteiger partial charge < -0.3 is 20.7 Å². The summed E-state index contributed by atoms with van der Waals surface area (Å²) in [6.07, 6.45) is 0. The Morgan fingerprint density at radius 3 is 2.31 bits per heavy atom. The van der Waals surface area contributed by atoms with Crippen LogP contribution in [-0.2, 0) is 14.8 Å². The quantitative estimate of drug-likeness (QED) is 0.444. The van der Waals surface area contributed by atoms with E-state index in [1.807, 2.05) is 13.8 Å². The number of carbonyl (C=O) groups excluding carboxylic acids is 1. The van der Waals surface area contributed by atoms with Crippen LogP contribution in [0.3, 0.4) is 0 Å². The Kier molecular flexibility index (Phi) is 9.18. The van der Waals surface area contributed by atoms with E-state index in [1.54, 1.807) is 44.2 Å². The maximum atomic E-state index is 12.9. The molecule has 32 heavy (non-hydrogen) atoms. The Balaban J connectivity index is 2.24. The van der Waals surface area contributed by atoms with Gasteiger partial charge in [0.1, 0.15) is 5.75 Å². The van der Waals surface area contributed by atoms with Crippen molar-refractivity contribution >= 4 is 44.6 Å². The normalized spacial score (nSPS) is 11.3. The van der Waals surface area contributed by atoms with Crippen molar-refractivity contribution in [1.82, 2.24) is 4.31 Å². The summed E-state index contributed by atoms with van der Waals surface area (Å²) in [6, 6.07) is 8.20. The van der Waals surface area contributed by atoms with Gasteiger partial charge in [-0.1, -0.05) is 25.4 Å². The lowest BCUT2D eigenvalue weighted by atomic mass is 10.2. The number of anilines is 3. The number of nitrogens with zero attached hydrogens (tertiary/aromatic N) is 1. The molecule has 8 nitrogen and oxygen atoms in total. The minimum absolute atomic E-state index is 0.0714. The largest absolute Gasteiger partial charge is 0.495 e. The third-order valence-corrected chi connectivity index (χ3v) is 7.35. The van der Waals surface area contributed by atoms with Gasteiger partial charge in [-0.3, -0.25) is 4.79 Å². The molecular formula is C22H31ClN4O4S. The van der Waals surface area contributed by atoms with Gasteiger partial charge in [0.15, 0.2) is 0 Å². The Hall–Kier alpha value is -2.49. The van der Waals surface area contributed by atoms with Crippen LogP contribution >= 0.6 is 11.6 Å². The molecule has 0 aliphatic rings. The minimum Gasteiger partial charge on any atom is -0.495 e. The molecule has 0 saturated heterocycles. The van der Waals surface area contributed by atoms with E-state index in [1.165, 1.54) is 11.4 Å². The van der Waals surface area contributed by atoms with E-state index in [0.717, 1.165) is 5.56 Å². The van der Waals surface area contributed by atoms with Crippen LogP contribution in [0.4, 0.5) is 17.1 Å². The lowest BCUT2D eigenvalue weighted by Crippen LogP contribution is -2.30. The highest BCUT2D eigenvalue weighted by molar-refractivity contribution is 7.89. The second-order valence-electron chi connectivity index (χ2n) is 7.03. The van der Waals surface area contributed by atoms with E-state index < -0.39 is 10.0 Å². The first-order chi connectivity index (χ1) is 15.2. The van der Waals surface area contributed by atoms with Crippen LogP contribution in [0.25, 0.3) is 0 Å². The molecule has 0 radical (unpaired) electrons. The fraction of sp³-hybridized carbons (Fsp3) is 0.409. The number of rotatable bonds is 11. The van der Waals surface area contributed by atoms with Gasteiger partial charge >= 0.3 is 0 Å². The zero-order chi connectivity index (χ0) is 23.9. The van der Waals surface area contributed by atoms with Crippen LogP contribution in [0.15, 0.2) is 35.2 Å². The fourth-order valence-electron chi connectivity index (χ4n) is 3.19. The number of amides is 1. The van der Waals surface area contributed by atoms with Crippen molar-refractivity contribution in [3.05, 3.63) is 40.9 Å². The SMILES string of the molecule is CCNc1ccc(S(=O)(=O)N(CC)CC)cc1NCC(=O)Nc1cc(C)c(Cl)cc1OC. The second-order valence-corrected chi connectivity index (χ2v) is 9.38. The monoisotopic (exact) mass is 482 g/mol. The van der Waals surface area contributed by atoms with Gasteiger partial charge in [0.2, 0.25) is 15.9 Å². The maximum absolute atomic E-state index is 12.9. The molecule has 176 valence electrons. The molecule has 0 aliphatic carbocycles. The van der Waals surface area contributed by atoms with Crippen LogP contribution < -0.4 is 20.7 Å². The molecule has 0 saturated carbocycles. The van der Waals surface area contributed by atoms with E-state index in [4.69, 9.17) is 16.3 Å². The Bertz CT molecular complexity index is 1060. The van der Waals surface area contributed by atoms with Crippen molar-refractivity contribution < 1.29 is 17.9 Å². The summed E-state index contributed by atoms with van der Waals surface area (Å²) >= 11 is 6.12. The van der Waals surface area contributed by atoms with Gasteiger partial charge in [0.05, 0.1) is 35.6 Å². The molecular weight excluding hydrogens is 452 g/mol. The number of methoxy groups -OCH3 is 1. The molecule has 1 amide bonds. The van der Waals surface area contributed by atoms with Gasteiger partial charge in [-0.05, 0) is 43.7 Å². The molecule has 0 aliphatic heterocycles. The first-order valence-electron chi connectivity index (χ1n) is 10.4. The smallest absolute Gasteiger partial charge is 0.243 e. The van der Waals surface area contributed by atoms with Crippen molar-refractivity contribution in [2.75, 3.05) is 49.2 Å². The highest BCUT2D eigenvalue weighted by Gasteiger charge is 2.22. The number of sulfonamides is 1. The lowest BCUT2D eigenvalue weighted by molar-refractivity contribution is -0.114. The molecule has 0 atom stereocenters. The van der Waals surface area contributed by atoms with Crippen molar-refractivity contribution in [2.24, 2.45) is 0 Å². The van der Waals surface area contributed by atoms with Gasteiger partial charge in [-0.15, -0.1) is 0 Å². The molecule has 0 aromatic heterocycles. The highest BCUT2D eigenvalue weighted by Crippen LogP contribution is 2.31. The zero-order valence-corrected chi connectivity index (χ0v) is 20.7. The van der Waals surface area contributed by atoms with E-state index in [9.17, 15) is 13.2 Å². The number of aryl methyl sites for hydroxylation is 1. The van der Waals surface area contributed by atoms with Crippen LogP contribution in [-0.4, -0.2) is 51.9 Å². The second kappa shape index (κ2) is 11.4. The van der Waals surface area contributed by atoms with E-state index in [0.29, 0.717) is 47.5 Å². The molecule has 0 bridgehead atoms. The van der Waals surface area contributed by atoms with E-state index >= 15 is 0 Å². The molecule has 0 fully saturated rings. The summed E-state index contributed by atoms with van der Waals surface area (Å²) in [6.45, 7) is 8.69. The summed E-state index contributed by atoms with van der Waals surface area (Å²) in [5.41, 5.74) is 2.54. The summed E-state index contributed by atoms with van der Waals surface area (Å²) in [4.78, 5) is 12.8. The van der Waals surface area contributed by atoms with Crippen molar-refractivity contribution in [3.8, 4) is 5.75 Å². The zero-order valence-electron chi connectivity index (χ0n) is 19.1. The average molecular weight is 483 g/mol. The molecule has 2 rings (SSSR count). The molecule has 3 N–H and O–H groups in total. The number of carbonyl (C=O) groups is 1. The van der Waals surface area contributed by atoms with Crippen molar-refractivity contribution in [1.29, 1.82) is 0 Å². The number of benzene rings is 2. The lowest BCUT2D eigenvalue weighted by Gasteiger charge is -2.20. The molecule has 10 heteroatoms. The molecule has 2 aromatic rings. The maximum Gasteiger partial charge on any atom is 0.243 e. The van der Waals surface area contributed by atoms with Crippen LogP contribution in [0, 0.1) is 6.92 Å². The van der Waals surface area contributed by atoms with Crippen LogP contribution in [0.1, 0.15) is 26.3 Å². The fourth-order valence-corrected chi connectivity index (χ4v) is 4.83. The van der Waals surface area contributed by atoms with Gasteiger partial charge in [-0.25, -0.2) is 8.42 Å². The highest BCUT2D eigenvalue weighted by atomic mass is 35.5. The molecule has 2 aromatic carbocycles. The first-order valence-corrected chi connectivity index (χ1v) is 12.3. The Morgan fingerprint density at radius 1 is 1.03 bits per heavy atom. The number of ether oxygens (including phenoxy) is 1. The predicted molar refractivity (Wildman–Crippen MR) is 131 cm³/mol. The van der Waals surface area contributed by atoms with E-state index in [-0.39, 0.29) is 17.3 Å². The number of hydrogen-bond acceptors (Lipinski definition) is 6. The van der Waals surface area contributed by atoms with Gasteiger partial charge in [0.25, 0.3) is 0 Å². The number of nitrogens with one attached hydrogen (secondary N) is 3. The van der Waals surface area contributed by atoms with Crippen LogP contribution in [0.5, 0.6) is 5.75 Å². The third kappa shape index (κ3) is 6.05. The van der Waals surface area contributed by atoms with Crippen molar-refractivity contribution in [3.63, 3.8) is 0 Å². The summed E-state index contributed by atoms with van der Waals surface area (Å²) in [5.74, 6) is 0.138. The molecule has 0 spiro atoms. The average Bonchev–Trinajstić information content (AvgIpc) is 2.76. The molecule has 0 heterocycles. The van der Waals surface area contributed by atoms with Crippen molar-refractivity contribution in [2.45, 2.75) is 32.6 Å². The molecule has 0 unspecified atom stereocenters. The summed E-state index contributed by atoms with van der Waals surface area (Å²) in [7, 11) is -2.12. The van der Waals surface area contributed by atoms with Gasteiger partial charge in [0, 0.05) is 30.7 Å². The van der Waals surface area contributed by atoms with Gasteiger partial charge in [-0.2, -0.15) is 4.31 Å². The third-order valence-electron chi connectivity index (χ3n) is 4.90. The minimum atomic E-state index is -3.62. The Labute approximate surface area is 195 Å². The Morgan fingerprint density at radius 2 is 1.72 bits per heavy atom.